The van der Waals surface area contributed by atoms with E-state index >= 15 is 0 Å². The van der Waals surface area contributed by atoms with E-state index in [1.807, 2.05) is 42.5 Å². The molecule has 5 aromatic rings. The van der Waals surface area contributed by atoms with Crippen LogP contribution in [-0.2, 0) is 13.0 Å². The van der Waals surface area contributed by atoms with Gasteiger partial charge in [-0.1, -0.05) is 47.7 Å². The van der Waals surface area contributed by atoms with Crippen LogP contribution in [0.4, 0.5) is 11.4 Å². The first-order valence-electron chi connectivity index (χ1n) is 14.4. The number of fused-ring (bicyclic) bond motifs is 3. The van der Waals surface area contributed by atoms with Gasteiger partial charge in [-0.3, -0.25) is 29.6 Å². The third-order valence-corrected chi connectivity index (χ3v) is 10.7. The van der Waals surface area contributed by atoms with E-state index in [0.29, 0.717) is 27.1 Å². The van der Waals surface area contributed by atoms with Crippen molar-refractivity contribution in [3.8, 4) is 5.75 Å². The van der Waals surface area contributed by atoms with Crippen LogP contribution in [-0.4, -0.2) is 14.4 Å². The van der Waals surface area contributed by atoms with Crippen LogP contribution < -0.4 is 19.6 Å². The third kappa shape index (κ3) is 6.02. The second-order valence-electron chi connectivity index (χ2n) is 11.0. The molecule has 0 saturated heterocycles. The molecule has 2 heterocycles. The van der Waals surface area contributed by atoms with Crippen LogP contribution in [0.5, 0.6) is 5.75 Å². The van der Waals surface area contributed by atoms with Crippen molar-refractivity contribution in [3.05, 3.63) is 165 Å². The van der Waals surface area contributed by atoms with Crippen molar-refractivity contribution in [2.24, 2.45) is 4.99 Å². The van der Waals surface area contributed by atoms with E-state index in [4.69, 9.17) is 9.73 Å². The van der Waals surface area contributed by atoms with Crippen molar-refractivity contribution in [2.75, 3.05) is 0 Å². The van der Waals surface area contributed by atoms with Crippen LogP contribution in [0.25, 0.3) is 11.8 Å². The molecule has 0 radical (unpaired) electrons. The summed E-state index contributed by atoms with van der Waals surface area (Å²) in [5.41, 5.74) is 6.09. The molecule has 234 valence electrons. The SMILES string of the molecule is O=c1/c(=C\c2cc(I)c(OCc3ccc([N+](=O)[O-])cc3)c(I)c2)sc2n1[C@@H](c1cccc([N+](=O)[O-])c1)C1=C(N=2)c2ccccc2CC1. The summed E-state index contributed by atoms with van der Waals surface area (Å²) in [5.74, 6) is 0.681. The molecule has 0 unspecified atom stereocenters. The predicted molar refractivity (Wildman–Crippen MR) is 195 cm³/mol. The Morgan fingerprint density at radius 3 is 2.36 bits per heavy atom. The molecule has 0 bridgehead atoms. The molecule has 0 fully saturated rings. The largest absolute Gasteiger partial charge is 0.487 e. The molecule has 47 heavy (non-hydrogen) atoms. The van der Waals surface area contributed by atoms with E-state index in [1.54, 1.807) is 28.8 Å². The number of aryl methyl sites for hydroxylation is 1. The first kappa shape index (κ1) is 31.4. The maximum Gasteiger partial charge on any atom is 0.271 e. The standard InChI is InChI=1S/C34H22I2N4O6S/c35-27-14-20(15-28(36)32(27)46-18-19-8-11-23(12-9-19)39(42)43)16-29-33(41)38-31(22-5-3-6-24(17-22)40(44)45)26-13-10-21-4-1-2-7-25(21)30(26)37-34(38)47-29/h1-9,11-12,14-17,31H,10,13,18H2/b29-16+/t31-/m0/s1. The van der Waals surface area contributed by atoms with Crippen LogP contribution in [0.3, 0.4) is 0 Å². The Morgan fingerprint density at radius 2 is 1.64 bits per heavy atom. The second-order valence-corrected chi connectivity index (χ2v) is 14.3. The predicted octanol–water partition coefficient (Wildman–Crippen LogP) is 6.92. The van der Waals surface area contributed by atoms with Gasteiger partial charge < -0.3 is 4.74 Å². The molecule has 0 amide bonds. The molecule has 1 atom stereocenters. The van der Waals surface area contributed by atoms with Crippen molar-refractivity contribution in [1.29, 1.82) is 0 Å². The highest BCUT2D eigenvalue weighted by Crippen LogP contribution is 2.41. The minimum absolute atomic E-state index is 0.0222. The summed E-state index contributed by atoms with van der Waals surface area (Å²) in [5, 5.41) is 22.7. The van der Waals surface area contributed by atoms with Crippen molar-refractivity contribution in [2.45, 2.75) is 25.5 Å². The Kier molecular flexibility index (Phi) is 8.52. The number of hydrogen-bond donors (Lipinski definition) is 0. The summed E-state index contributed by atoms with van der Waals surface area (Å²) in [7, 11) is 0. The molecule has 0 spiro atoms. The van der Waals surface area contributed by atoms with Gasteiger partial charge in [0.05, 0.1) is 33.3 Å². The van der Waals surface area contributed by atoms with Crippen LogP contribution in [0, 0.1) is 27.4 Å². The number of aromatic nitrogens is 1. The Hall–Kier alpha value is -4.22. The maximum absolute atomic E-state index is 14.2. The number of allylic oxidation sites excluding steroid dienone is 1. The van der Waals surface area contributed by atoms with E-state index in [0.717, 1.165) is 41.5 Å². The number of nitro groups is 2. The molecule has 0 saturated carbocycles. The Labute approximate surface area is 298 Å². The number of ether oxygens (including phenoxy) is 1. The first-order chi connectivity index (χ1) is 22.7. The van der Waals surface area contributed by atoms with Gasteiger partial charge in [-0.05, 0) is 116 Å². The topological polar surface area (TPSA) is 130 Å². The monoisotopic (exact) mass is 868 g/mol. The number of hydrogen-bond acceptors (Lipinski definition) is 8. The van der Waals surface area contributed by atoms with Gasteiger partial charge in [0.2, 0.25) is 0 Å². The van der Waals surface area contributed by atoms with E-state index in [1.165, 1.54) is 35.1 Å². The zero-order valence-corrected chi connectivity index (χ0v) is 29.4. The molecular weight excluding hydrogens is 846 g/mol. The zero-order chi connectivity index (χ0) is 32.8. The van der Waals surface area contributed by atoms with Crippen LogP contribution in [0.1, 0.15) is 40.3 Å². The van der Waals surface area contributed by atoms with Crippen molar-refractivity contribution in [1.82, 2.24) is 4.57 Å². The van der Waals surface area contributed by atoms with Gasteiger partial charge >= 0.3 is 0 Å². The first-order valence-corrected chi connectivity index (χ1v) is 17.4. The molecule has 1 aliphatic carbocycles. The number of thiazole rings is 1. The van der Waals surface area contributed by atoms with Gasteiger partial charge in [-0.2, -0.15) is 0 Å². The molecule has 7 rings (SSSR count). The quantitative estimate of drug-likeness (QED) is 0.0993. The summed E-state index contributed by atoms with van der Waals surface area (Å²) >= 11 is 5.70. The van der Waals surface area contributed by atoms with Crippen LogP contribution >= 0.6 is 56.5 Å². The molecule has 1 aromatic heterocycles. The Morgan fingerprint density at radius 1 is 0.915 bits per heavy atom. The lowest BCUT2D eigenvalue weighted by Gasteiger charge is -2.30. The maximum atomic E-state index is 14.2. The minimum atomic E-state index is -0.521. The van der Waals surface area contributed by atoms with Gasteiger partial charge in [0.1, 0.15) is 12.4 Å². The van der Waals surface area contributed by atoms with E-state index in [2.05, 4.69) is 51.2 Å². The van der Waals surface area contributed by atoms with Gasteiger partial charge in [0, 0.05) is 29.8 Å². The van der Waals surface area contributed by atoms with Gasteiger partial charge in [0.15, 0.2) is 4.80 Å². The number of benzene rings is 4. The molecule has 10 nitrogen and oxygen atoms in total. The smallest absolute Gasteiger partial charge is 0.271 e. The summed E-state index contributed by atoms with van der Waals surface area (Å²) in [6.45, 7) is 0.243. The van der Waals surface area contributed by atoms with E-state index in [-0.39, 0.29) is 23.5 Å². The van der Waals surface area contributed by atoms with Gasteiger partial charge in [0.25, 0.3) is 16.9 Å². The summed E-state index contributed by atoms with van der Waals surface area (Å²) in [6.07, 6.45) is 3.32. The number of halogens is 2. The van der Waals surface area contributed by atoms with E-state index in [9.17, 15) is 25.0 Å². The van der Waals surface area contributed by atoms with Crippen molar-refractivity contribution >= 4 is 79.7 Å². The molecule has 13 heteroatoms. The summed E-state index contributed by atoms with van der Waals surface area (Å²) in [4.78, 5) is 41.5. The molecule has 1 aliphatic heterocycles. The van der Waals surface area contributed by atoms with Crippen LogP contribution in [0.2, 0.25) is 0 Å². The number of non-ortho nitro benzene ring substituents is 2. The molecule has 0 N–H and O–H groups in total. The second kappa shape index (κ2) is 12.8. The van der Waals surface area contributed by atoms with Gasteiger partial charge in [-0.25, -0.2) is 4.99 Å². The minimum Gasteiger partial charge on any atom is -0.487 e. The lowest BCUT2D eigenvalue weighted by atomic mass is 9.83. The Balaban J connectivity index is 1.29. The highest BCUT2D eigenvalue weighted by Gasteiger charge is 2.33. The highest BCUT2D eigenvalue weighted by molar-refractivity contribution is 14.1. The fraction of sp³-hybridized carbons (Fsp3) is 0.118. The molecule has 4 aromatic carbocycles. The van der Waals surface area contributed by atoms with E-state index < -0.39 is 15.9 Å². The number of rotatable bonds is 7. The normalized spacial score (nSPS) is 15.4. The average molecular weight is 868 g/mol. The fourth-order valence-electron chi connectivity index (χ4n) is 5.95. The number of nitro benzene ring substituents is 2. The Bertz CT molecular complexity index is 2310. The summed E-state index contributed by atoms with van der Waals surface area (Å²) < 4.78 is 9.96. The third-order valence-electron chi connectivity index (χ3n) is 8.12. The molecular formula is C34H22I2N4O6S. The fourth-order valence-corrected chi connectivity index (χ4v) is 9.08. The summed E-state index contributed by atoms with van der Waals surface area (Å²) in [6, 6.07) is 24.2. The van der Waals surface area contributed by atoms with Gasteiger partial charge in [-0.15, -0.1) is 0 Å². The molecule has 2 aliphatic rings. The van der Waals surface area contributed by atoms with Crippen molar-refractivity contribution in [3.63, 3.8) is 0 Å². The lowest BCUT2D eigenvalue weighted by Crippen LogP contribution is -2.38. The van der Waals surface area contributed by atoms with Crippen LogP contribution in [0.15, 0.2) is 100 Å². The highest BCUT2D eigenvalue weighted by atomic mass is 127. The number of nitrogens with zero attached hydrogens (tertiary/aromatic N) is 4. The van der Waals surface area contributed by atoms with Crippen molar-refractivity contribution < 1.29 is 14.6 Å². The average Bonchev–Trinajstić information content (AvgIpc) is 3.37. The lowest BCUT2D eigenvalue weighted by molar-refractivity contribution is -0.385. The zero-order valence-electron chi connectivity index (χ0n) is 24.3.